The molecule has 2 aromatic carbocycles. The molecule has 8 nitrogen and oxygen atoms in total. The molecule has 0 bridgehead atoms. The molecule has 1 aliphatic heterocycles. The van der Waals surface area contributed by atoms with E-state index in [9.17, 15) is 22.8 Å². The van der Waals surface area contributed by atoms with E-state index in [4.69, 9.17) is 4.74 Å². The van der Waals surface area contributed by atoms with E-state index in [0.717, 1.165) is 31.2 Å². The first-order valence-corrected chi connectivity index (χ1v) is 11.9. The second-order valence-electron chi connectivity index (χ2n) is 7.56. The molecular weight excluding hydrogens is 432 g/mol. The Labute approximate surface area is 187 Å². The van der Waals surface area contributed by atoms with Gasteiger partial charge in [0.2, 0.25) is 15.9 Å². The standard InChI is InChI=1S/C23H26N2O6S/c26-21(15-18-9-4-3-5-10-18)24-22(27)17-31-23(28)19-11-8-12-20(16-19)32(29,30)25-13-6-1-2-7-14-25/h3-5,8-12,16H,1-2,6-7,13-15,17H2,(H,24,26,27). The number of amides is 2. The Hall–Kier alpha value is -3.04. The van der Waals surface area contributed by atoms with Gasteiger partial charge in [-0.2, -0.15) is 4.31 Å². The highest BCUT2D eigenvalue weighted by atomic mass is 32.2. The molecule has 0 spiro atoms. The van der Waals surface area contributed by atoms with Crippen LogP contribution in [0.15, 0.2) is 59.5 Å². The van der Waals surface area contributed by atoms with Gasteiger partial charge < -0.3 is 4.74 Å². The van der Waals surface area contributed by atoms with E-state index < -0.39 is 34.4 Å². The number of hydrogen-bond acceptors (Lipinski definition) is 6. The number of rotatable bonds is 7. The van der Waals surface area contributed by atoms with Crippen molar-refractivity contribution >= 4 is 27.8 Å². The quantitative estimate of drug-likeness (QED) is 0.638. The molecule has 0 atom stereocenters. The SMILES string of the molecule is O=C(COC(=O)c1cccc(S(=O)(=O)N2CCCCCC2)c1)NC(=O)Cc1ccccc1. The average Bonchev–Trinajstić information content (AvgIpc) is 3.08. The Kier molecular flexibility index (Phi) is 8.13. The molecular formula is C23H26N2O6S. The van der Waals surface area contributed by atoms with E-state index >= 15 is 0 Å². The molecule has 1 N–H and O–H groups in total. The lowest BCUT2D eigenvalue weighted by Crippen LogP contribution is -2.35. The molecule has 0 aliphatic carbocycles. The molecule has 0 aromatic heterocycles. The fraction of sp³-hybridized carbons (Fsp3) is 0.348. The van der Waals surface area contributed by atoms with Gasteiger partial charge in [0.15, 0.2) is 6.61 Å². The number of nitrogens with zero attached hydrogens (tertiary/aromatic N) is 1. The number of carbonyl (C=O) groups is 3. The molecule has 2 amide bonds. The van der Waals surface area contributed by atoms with Gasteiger partial charge in [0, 0.05) is 13.1 Å². The molecule has 9 heteroatoms. The third-order valence-electron chi connectivity index (χ3n) is 5.09. The van der Waals surface area contributed by atoms with Gasteiger partial charge in [0.1, 0.15) is 0 Å². The lowest BCUT2D eigenvalue weighted by atomic mass is 10.1. The molecule has 2 aromatic rings. The van der Waals surface area contributed by atoms with Gasteiger partial charge >= 0.3 is 5.97 Å². The molecule has 1 fully saturated rings. The number of esters is 1. The largest absolute Gasteiger partial charge is 0.452 e. The molecule has 0 saturated carbocycles. The van der Waals surface area contributed by atoms with Crippen molar-refractivity contribution in [2.75, 3.05) is 19.7 Å². The molecule has 0 unspecified atom stereocenters. The van der Waals surface area contributed by atoms with Crippen LogP contribution in [-0.4, -0.2) is 50.2 Å². The lowest BCUT2D eigenvalue weighted by Gasteiger charge is -2.20. The molecule has 0 radical (unpaired) electrons. The average molecular weight is 459 g/mol. The molecule has 32 heavy (non-hydrogen) atoms. The van der Waals surface area contributed by atoms with Crippen molar-refractivity contribution in [1.82, 2.24) is 9.62 Å². The van der Waals surface area contributed by atoms with Crippen LogP contribution in [-0.2, 0) is 30.8 Å². The van der Waals surface area contributed by atoms with E-state index in [-0.39, 0.29) is 16.9 Å². The normalized spacial score (nSPS) is 14.9. The third-order valence-corrected chi connectivity index (χ3v) is 6.99. The first-order valence-electron chi connectivity index (χ1n) is 10.5. The first kappa shape index (κ1) is 23.6. The van der Waals surface area contributed by atoms with Crippen molar-refractivity contribution in [3.63, 3.8) is 0 Å². The number of imide groups is 1. The Bertz CT molecular complexity index is 1060. The Morgan fingerprint density at radius 2 is 1.56 bits per heavy atom. The highest BCUT2D eigenvalue weighted by Gasteiger charge is 2.26. The van der Waals surface area contributed by atoms with E-state index in [1.807, 2.05) is 6.07 Å². The van der Waals surface area contributed by atoms with Crippen molar-refractivity contribution in [3.8, 4) is 0 Å². The summed E-state index contributed by atoms with van der Waals surface area (Å²) in [5, 5.41) is 2.16. The smallest absolute Gasteiger partial charge is 0.338 e. The van der Waals surface area contributed by atoms with E-state index in [0.29, 0.717) is 13.1 Å². The Balaban J connectivity index is 1.56. The Morgan fingerprint density at radius 1 is 0.875 bits per heavy atom. The summed E-state index contributed by atoms with van der Waals surface area (Å²) in [6.07, 6.45) is 3.62. The zero-order valence-electron chi connectivity index (χ0n) is 17.7. The zero-order valence-corrected chi connectivity index (χ0v) is 18.5. The van der Waals surface area contributed by atoms with Crippen LogP contribution in [0.5, 0.6) is 0 Å². The number of benzene rings is 2. The summed E-state index contributed by atoms with van der Waals surface area (Å²) in [6.45, 7) is 0.255. The maximum atomic E-state index is 12.9. The van der Waals surface area contributed by atoms with Crippen molar-refractivity contribution < 1.29 is 27.5 Å². The van der Waals surface area contributed by atoms with Crippen LogP contribution in [0.3, 0.4) is 0 Å². The van der Waals surface area contributed by atoms with Gasteiger partial charge in [-0.25, -0.2) is 13.2 Å². The third kappa shape index (κ3) is 6.48. The number of carbonyl (C=O) groups excluding carboxylic acids is 3. The van der Waals surface area contributed by atoms with Gasteiger partial charge in [-0.15, -0.1) is 0 Å². The topological polar surface area (TPSA) is 110 Å². The second-order valence-corrected chi connectivity index (χ2v) is 9.49. The van der Waals surface area contributed by atoms with Crippen LogP contribution < -0.4 is 5.32 Å². The van der Waals surface area contributed by atoms with Crippen LogP contribution in [0.1, 0.15) is 41.6 Å². The van der Waals surface area contributed by atoms with E-state index in [1.54, 1.807) is 24.3 Å². The van der Waals surface area contributed by atoms with Gasteiger partial charge in [0.05, 0.1) is 16.9 Å². The second kappa shape index (κ2) is 11.0. The monoisotopic (exact) mass is 458 g/mol. The maximum Gasteiger partial charge on any atom is 0.338 e. The minimum Gasteiger partial charge on any atom is -0.452 e. The van der Waals surface area contributed by atoms with Gasteiger partial charge in [-0.1, -0.05) is 49.2 Å². The summed E-state index contributed by atoms with van der Waals surface area (Å²) in [5.74, 6) is -2.11. The molecule has 1 heterocycles. The summed E-state index contributed by atoms with van der Waals surface area (Å²) in [7, 11) is -3.72. The first-order chi connectivity index (χ1) is 15.4. The maximum absolute atomic E-state index is 12.9. The number of nitrogens with one attached hydrogen (secondary N) is 1. The van der Waals surface area contributed by atoms with Crippen LogP contribution in [0.2, 0.25) is 0 Å². The van der Waals surface area contributed by atoms with Crippen molar-refractivity contribution in [2.24, 2.45) is 0 Å². The summed E-state index contributed by atoms with van der Waals surface area (Å²) in [5.41, 5.74) is 0.765. The fourth-order valence-corrected chi connectivity index (χ4v) is 5.01. The summed E-state index contributed by atoms with van der Waals surface area (Å²) < 4.78 is 32.3. The predicted molar refractivity (Wildman–Crippen MR) is 117 cm³/mol. The Morgan fingerprint density at radius 3 is 2.25 bits per heavy atom. The lowest BCUT2D eigenvalue weighted by molar-refractivity contribution is -0.132. The van der Waals surface area contributed by atoms with Crippen molar-refractivity contribution in [2.45, 2.75) is 37.0 Å². The molecule has 170 valence electrons. The minimum atomic E-state index is -3.72. The molecule has 1 saturated heterocycles. The number of hydrogen-bond donors (Lipinski definition) is 1. The van der Waals surface area contributed by atoms with Crippen LogP contribution in [0, 0.1) is 0 Å². The van der Waals surface area contributed by atoms with E-state index in [1.165, 1.54) is 28.6 Å². The van der Waals surface area contributed by atoms with Crippen LogP contribution in [0.4, 0.5) is 0 Å². The zero-order chi connectivity index (χ0) is 23.0. The summed E-state index contributed by atoms with van der Waals surface area (Å²) in [4.78, 5) is 36.2. The fourth-order valence-electron chi connectivity index (χ4n) is 3.45. The highest BCUT2D eigenvalue weighted by Crippen LogP contribution is 2.21. The molecule has 1 aliphatic rings. The summed E-state index contributed by atoms with van der Waals surface area (Å²) >= 11 is 0. The van der Waals surface area contributed by atoms with Gasteiger partial charge in [0.25, 0.3) is 5.91 Å². The van der Waals surface area contributed by atoms with E-state index in [2.05, 4.69) is 5.32 Å². The number of sulfonamides is 1. The van der Waals surface area contributed by atoms with Gasteiger partial charge in [-0.05, 0) is 36.6 Å². The van der Waals surface area contributed by atoms with Crippen LogP contribution >= 0.6 is 0 Å². The molecule has 3 rings (SSSR count). The van der Waals surface area contributed by atoms with Crippen molar-refractivity contribution in [1.29, 1.82) is 0 Å². The number of ether oxygens (including phenoxy) is 1. The predicted octanol–water partition coefficient (Wildman–Crippen LogP) is 2.29. The van der Waals surface area contributed by atoms with Crippen LogP contribution in [0.25, 0.3) is 0 Å². The highest BCUT2D eigenvalue weighted by molar-refractivity contribution is 7.89. The minimum absolute atomic E-state index is 0.0105. The van der Waals surface area contributed by atoms with Crippen molar-refractivity contribution in [3.05, 3.63) is 65.7 Å². The van der Waals surface area contributed by atoms with Gasteiger partial charge in [-0.3, -0.25) is 14.9 Å². The summed E-state index contributed by atoms with van der Waals surface area (Å²) in [6, 6.07) is 14.5.